The summed E-state index contributed by atoms with van der Waals surface area (Å²) in [4.78, 5) is 12.0. The number of nitrogens with zero attached hydrogens (tertiary/aromatic N) is 2. The van der Waals surface area contributed by atoms with Crippen molar-refractivity contribution in [2.24, 2.45) is 0 Å². The first-order valence-electron chi connectivity index (χ1n) is 5.91. The lowest BCUT2D eigenvalue weighted by Gasteiger charge is -2.06. The minimum Gasteiger partial charge on any atom is -0.435 e. The van der Waals surface area contributed by atoms with Gasteiger partial charge in [0, 0.05) is 5.56 Å². The lowest BCUT2D eigenvalue weighted by molar-refractivity contribution is -0.0498. The van der Waals surface area contributed by atoms with Gasteiger partial charge in [0.2, 0.25) is 5.13 Å². The summed E-state index contributed by atoms with van der Waals surface area (Å²) in [7, 11) is 0. The second-order valence-corrected chi connectivity index (χ2v) is 6.16. The molecule has 0 radical (unpaired) electrons. The van der Waals surface area contributed by atoms with Crippen molar-refractivity contribution in [2.75, 3.05) is 11.1 Å². The Bertz CT molecular complexity index is 622. The van der Waals surface area contributed by atoms with Crippen LogP contribution in [0, 0.1) is 0 Å². The molecule has 0 spiro atoms. The molecular weight excluding hydrogens is 320 g/mol. The van der Waals surface area contributed by atoms with E-state index in [1.54, 1.807) is 0 Å². The number of hydrogen-bond donors (Lipinski definition) is 1. The van der Waals surface area contributed by atoms with Gasteiger partial charge in [-0.3, -0.25) is 10.1 Å². The van der Waals surface area contributed by atoms with Crippen LogP contribution < -0.4 is 10.1 Å². The molecule has 112 valence electrons. The molecule has 5 nitrogen and oxygen atoms in total. The number of nitrogens with one attached hydrogen (secondary N) is 1. The van der Waals surface area contributed by atoms with Gasteiger partial charge in [0.05, 0.1) is 0 Å². The fourth-order valence-electron chi connectivity index (χ4n) is 1.42. The Morgan fingerprint density at radius 3 is 3.00 bits per heavy atom. The smallest absolute Gasteiger partial charge is 0.387 e. The predicted molar refractivity (Wildman–Crippen MR) is 77.3 cm³/mol. The van der Waals surface area contributed by atoms with Gasteiger partial charge in [-0.1, -0.05) is 36.1 Å². The summed E-state index contributed by atoms with van der Waals surface area (Å²) in [5, 5.41) is 10.7. The Kier molecular flexibility index (Phi) is 5.45. The van der Waals surface area contributed by atoms with E-state index in [1.165, 1.54) is 47.4 Å². The van der Waals surface area contributed by atoms with Crippen LogP contribution in [0.15, 0.2) is 28.6 Å². The number of ether oxygens (including phenoxy) is 1. The molecule has 0 aliphatic heterocycles. The summed E-state index contributed by atoms with van der Waals surface area (Å²) in [5.74, 6) is 0.325. The third-order valence-electron chi connectivity index (χ3n) is 2.22. The van der Waals surface area contributed by atoms with Crippen LogP contribution in [-0.2, 0) is 0 Å². The van der Waals surface area contributed by atoms with Crippen molar-refractivity contribution in [1.29, 1.82) is 0 Å². The number of amides is 1. The van der Waals surface area contributed by atoms with Crippen LogP contribution in [0.25, 0.3) is 0 Å². The first-order chi connectivity index (χ1) is 10.1. The highest BCUT2D eigenvalue weighted by atomic mass is 32.2. The summed E-state index contributed by atoms with van der Waals surface area (Å²) in [5.41, 5.74) is 0.202. The van der Waals surface area contributed by atoms with Crippen molar-refractivity contribution in [2.45, 2.75) is 17.9 Å². The van der Waals surface area contributed by atoms with Gasteiger partial charge in [-0.2, -0.15) is 8.78 Å². The maximum Gasteiger partial charge on any atom is 0.387 e. The second kappa shape index (κ2) is 7.32. The zero-order chi connectivity index (χ0) is 15.2. The molecule has 0 saturated heterocycles. The van der Waals surface area contributed by atoms with E-state index in [2.05, 4.69) is 20.3 Å². The Labute approximate surface area is 127 Å². The number of aromatic nitrogens is 2. The Hall–Kier alpha value is -1.74. The quantitative estimate of drug-likeness (QED) is 0.648. The highest BCUT2D eigenvalue weighted by Crippen LogP contribution is 2.25. The van der Waals surface area contributed by atoms with Crippen molar-refractivity contribution in [3.8, 4) is 5.75 Å². The van der Waals surface area contributed by atoms with E-state index in [9.17, 15) is 13.6 Å². The molecule has 0 unspecified atom stereocenters. The third-order valence-corrected chi connectivity index (χ3v) is 4.07. The van der Waals surface area contributed by atoms with Crippen LogP contribution in [0.1, 0.15) is 17.3 Å². The molecule has 0 saturated carbocycles. The summed E-state index contributed by atoms with van der Waals surface area (Å²) in [6, 6.07) is 5.55. The minimum absolute atomic E-state index is 0.0721. The first kappa shape index (κ1) is 15.6. The number of halogens is 2. The van der Waals surface area contributed by atoms with Crippen LogP contribution in [-0.4, -0.2) is 28.5 Å². The zero-order valence-electron chi connectivity index (χ0n) is 10.9. The number of alkyl halides is 2. The van der Waals surface area contributed by atoms with Gasteiger partial charge in [-0.05, 0) is 24.0 Å². The minimum atomic E-state index is -2.93. The lowest BCUT2D eigenvalue weighted by atomic mass is 10.2. The molecule has 0 atom stereocenters. The summed E-state index contributed by atoms with van der Waals surface area (Å²) in [6.07, 6.45) is 0. The topological polar surface area (TPSA) is 64.1 Å². The molecule has 1 aromatic carbocycles. The van der Waals surface area contributed by atoms with Crippen LogP contribution in [0.2, 0.25) is 0 Å². The van der Waals surface area contributed by atoms with E-state index in [1.807, 2.05) is 6.92 Å². The average Bonchev–Trinajstić information content (AvgIpc) is 2.86. The fourth-order valence-corrected chi connectivity index (χ4v) is 3.07. The standard InChI is InChI=1S/C12H11F2N3O2S2/c1-2-20-12-17-16-11(21-12)15-9(18)7-4-3-5-8(6-7)19-10(13)14/h3-6,10H,2H2,1H3,(H,15,16,18). The Morgan fingerprint density at radius 2 is 2.29 bits per heavy atom. The highest BCUT2D eigenvalue weighted by molar-refractivity contribution is 8.01. The van der Waals surface area contributed by atoms with E-state index in [0.29, 0.717) is 5.13 Å². The summed E-state index contributed by atoms with van der Waals surface area (Å²) in [6.45, 7) is -0.946. The van der Waals surface area contributed by atoms with Gasteiger partial charge < -0.3 is 4.74 Å². The van der Waals surface area contributed by atoms with Gasteiger partial charge >= 0.3 is 6.61 Å². The SMILES string of the molecule is CCSc1nnc(NC(=O)c2cccc(OC(F)F)c2)s1. The van der Waals surface area contributed by atoms with Crippen molar-refractivity contribution in [1.82, 2.24) is 10.2 Å². The number of benzene rings is 1. The van der Waals surface area contributed by atoms with E-state index >= 15 is 0 Å². The van der Waals surface area contributed by atoms with Gasteiger partial charge in [-0.15, -0.1) is 10.2 Å². The van der Waals surface area contributed by atoms with E-state index in [-0.39, 0.29) is 11.3 Å². The van der Waals surface area contributed by atoms with Crippen LogP contribution >= 0.6 is 23.1 Å². The van der Waals surface area contributed by atoms with E-state index in [0.717, 1.165) is 10.1 Å². The van der Waals surface area contributed by atoms with Crippen LogP contribution in [0.3, 0.4) is 0 Å². The van der Waals surface area contributed by atoms with Crippen molar-refractivity contribution in [3.63, 3.8) is 0 Å². The number of hydrogen-bond acceptors (Lipinski definition) is 6. The molecule has 0 aliphatic rings. The predicted octanol–water partition coefficient (Wildman–Crippen LogP) is 3.50. The maximum absolute atomic E-state index is 12.1. The summed E-state index contributed by atoms with van der Waals surface area (Å²) < 4.78 is 29.3. The molecule has 0 bridgehead atoms. The molecule has 1 amide bonds. The normalized spacial score (nSPS) is 10.7. The third kappa shape index (κ3) is 4.64. The average molecular weight is 331 g/mol. The molecule has 1 aromatic heterocycles. The van der Waals surface area contributed by atoms with Crippen LogP contribution in [0.4, 0.5) is 13.9 Å². The van der Waals surface area contributed by atoms with Gasteiger partial charge in [0.1, 0.15) is 5.75 Å². The van der Waals surface area contributed by atoms with E-state index in [4.69, 9.17) is 0 Å². The van der Waals surface area contributed by atoms with Gasteiger partial charge in [-0.25, -0.2) is 0 Å². The number of rotatable bonds is 6. The molecule has 9 heteroatoms. The first-order valence-corrected chi connectivity index (χ1v) is 7.71. The van der Waals surface area contributed by atoms with E-state index < -0.39 is 12.5 Å². The van der Waals surface area contributed by atoms with Crippen molar-refractivity contribution in [3.05, 3.63) is 29.8 Å². The lowest BCUT2D eigenvalue weighted by Crippen LogP contribution is -2.12. The number of thioether (sulfide) groups is 1. The number of carbonyl (C=O) groups is 1. The van der Waals surface area contributed by atoms with Crippen molar-refractivity contribution >= 4 is 34.1 Å². The molecule has 0 aliphatic carbocycles. The zero-order valence-corrected chi connectivity index (χ0v) is 12.5. The highest BCUT2D eigenvalue weighted by Gasteiger charge is 2.12. The summed E-state index contributed by atoms with van der Waals surface area (Å²) >= 11 is 2.77. The molecule has 2 aromatic rings. The maximum atomic E-state index is 12.1. The Balaban J connectivity index is 2.05. The Morgan fingerprint density at radius 1 is 1.48 bits per heavy atom. The monoisotopic (exact) mass is 331 g/mol. The molecule has 1 heterocycles. The van der Waals surface area contributed by atoms with Crippen molar-refractivity contribution < 1.29 is 18.3 Å². The van der Waals surface area contributed by atoms with Gasteiger partial charge in [0.15, 0.2) is 4.34 Å². The largest absolute Gasteiger partial charge is 0.435 e. The fraction of sp³-hybridized carbons (Fsp3) is 0.250. The number of carbonyl (C=O) groups excluding carboxylic acids is 1. The molecule has 21 heavy (non-hydrogen) atoms. The molecule has 2 rings (SSSR count). The molecular formula is C12H11F2N3O2S2. The number of anilines is 1. The second-order valence-electron chi connectivity index (χ2n) is 3.67. The molecule has 1 N–H and O–H groups in total. The molecule has 0 fully saturated rings. The van der Waals surface area contributed by atoms with Gasteiger partial charge in [0.25, 0.3) is 5.91 Å². The van der Waals surface area contributed by atoms with Crippen LogP contribution in [0.5, 0.6) is 5.75 Å².